The first-order chi connectivity index (χ1) is 8.44. The molecule has 0 radical (unpaired) electrons. The fraction of sp³-hybridized carbons (Fsp3) is 0.786. The molecular weight excluding hydrogens is 226 g/mol. The second-order valence-electron chi connectivity index (χ2n) is 5.88. The number of hydrogen-bond donors (Lipinski definition) is 1. The molecular formula is C14H27N3O. The molecule has 0 amide bonds. The summed E-state index contributed by atoms with van der Waals surface area (Å²) in [6, 6.07) is 0.376. The Hall–Kier alpha value is -1.03. The van der Waals surface area contributed by atoms with Gasteiger partial charge in [-0.2, -0.15) is 5.10 Å². The minimum absolute atomic E-state index is 0.134. The maximum absolute atomic E-state index is 5.81. The van der Waals surface area contributed by atoms with Gasteiger partial charge in [-0.3, -0.25) is 4.68 Å². The fourth-order valence-electron chi connectivity index (χ4n) is 1.61. The van der Waals surface area contributed by atoms with Gasteiger partial charge in [0.25, 0.3) is 0 Å². The second-order valence-corrected chi connectivity index (χ2v) is 5.88. The molecule has 1 aromatic heterocycles. The fourth-order valence-corrected chi connectivity index (χ4v) is 1.61. The Balaban J connectivity index is 2.38. The van der Waals surface area contributed by atoms with Crippen molar-refractivity contribution in [3.63, 3.8) is 0 Å². The summed E-state index contributed by atoms with van der Waals surface area (Å²) in [5, 5.41) is 7.70. The first-order valence-corrected chi connectivity index (χ1v) is 6.82. The predicted molar refractivity (Wildman–Crippen MR) is 75.0 cm³/mol. The third kappa shape index (κ3) is 5.08. The van der Waals surface area contributed by atoms with Crippen molar-refractivity contribution >= 4 is 0 Å². The van der Waals surface area contributed by atoms with Crippen molar-refractivity contribution < 1.29 is 4.74 Å². The Morgan fingerprint density at radius 2 is 2.17 bits per heavy atom. The molecule has 0 aromatic carbocycles. The van der Waals surface area contributed by atoms with E-state index >= 15 is 0 Å². The number of nitrogens with one attached hydrogen (secondary N) is 1. The molecule has 4 heteroatoms. The van der Waals surface area contributed by atoms with Crippen LogP contribution in [0.25, 0.3) is 0 Å². The van der Waals surface area contributed by atoms with E-state index in [0.29, 0.717) is 12.6 Å². The standard InChI is InChI=1S/C14H27N3O/c1-6-7-15-10-14(4,5)11-18-13-8-16-17(9-13)12(2)3/h8-9,12,15H,6-7,10-11H2,1-5H3. The van der Waals surface area contributed by atoms with Crippen LogP contribution in [0.4, 0.5) is 0 Å². The van der Waals surface area contributed by atoms with Crippen LogP contribution in [0.15, 0.2) is 12.4 Å². The highest BCUT2D eigenvalue weighted by atomic mass is 16.5. The smallest absolute Gasteiger partial charge is 0.157 e. The highest BCUT2D eigenvalue weighted by molar-refractivity contribution is 5.12. The van der Waals surface area contributed by atoms with Gasteiger partial charge in [0.15, 0.2) is 5.75 Å². The van der Waals surface area contributed by atoms with Crippen molar-refractivity contribution in [1.82, 2.24) is 15.1 Å². The highest BCUT2D eigenvalue weighted by Gasteiger charge is 2.18. The van der Waals surface area contributed by atoms with E-state index in [-0.39, 0.29) is 5.41 Å². The molecule has 1 aromatic rings. The summed E-state index contributed by atoms with van der Waals surface area (Å²) in [5.74, 6) is 0.854. The van der Waals surface area contributed by atoms with Crippen LogP contribution >= 0.6 is 0 Å². The zero-order chi connectivity index (χ0) is 13.6. The van der Waals surface area contributed by atoms with Crippen molar-refractivity contribution in [2.45, 2.75) is 47.1 Å². The SMILES string of the molecule is CCCNCC(C)(C)COc1cnn(C(C)C)c1. The molecule has 18 heavy (non-hydrogen) atoms. The Morgan fingerprint density at radius 3 is 2.72 bits per heavy atom. The second kappa shape index (κ2) is 6.78. The Morgan fingerprint density at radius 1 is 1.44 bits per heavy atom. The zero-order valence-electron chi connectivity index (χ0n) is 12.4. The van der Waals surface area contributed by atoms with Crippen LogP contribution in [0, 0.1) is 5.41 Å². The van der Waals surface area contributed by atoms with E-state index in [1.165, 1.54) is 0 Å². The molecule has 0 aliphatic rings. The van der Waals surface area contributed by atoms with E-state index < -0.39 is 0 Å². The van der Waals surface area contributed by atoms with Crippen LogP contribution in [0.3, 0.4) is 0 Å². The van der Waals surface area contributed by atoms with Crippen LogP contribution < -0.4 is 10.1 Å². The van der Waals surface area contributed by atoms with Gasteiger partial charge in [-0.05, 0) is 26.8 Å². The first kappa shape index (κ1) is 15.0. The van der Waals surface area contributed by atoms with Gasteiger partial charge >= 0.3 is 0 Å². The normalized spacial score (nSPS) is 12.1. The highest BCUT2D eigenvalue weighted by Crippen LogP contribution is 2.18. The van der Waals surface area contributed by atoms with Crippen molar-refractivity contribution in [3.05, 3.63) is 12.4 Å². The summed E-state index contributed by atoms with van der Waals surface area (Å²) in [4.78, 5) is 0. The minimum Gasteiger partial charge on any atom is -0.490 e. The van der Waals surface area contributed by atoms with Crippen LogP contribution in [0.2, 0.25) is 0 Å². The van der Waals surface area contributed by atoms with Crippen molar-refractivity contribution in [3.8, 4) is 5.75 Å². The molecule has 0 saturated carbocycles. The molecule has 0 bridgehead atoms. The number of ether oxygens (including phenoxy) is 1. The van der Waals surface area contributed by atoms with Crippen LogP contribution in [-0.2, 0) is 0 Å². The molecule has 0 atom stereocenters. The largest absolute Gasteiger partial charge is 0.490 e. The average molecular weight is 253 g/mol. The van der Waals surface area contributed by atoms with Crippen molar-refractivity contribution in [2.75, 3.05) is 19.7 Å². The van der Waals surface area contributed by atoms with E-state index in [1.807, 2.05) is 10.9 Å². The lowest BCUT2D eigenvalue weighted by molar-refractivity contribution is 0.176. The third-order valence-corrected chi connectivity index (χ3v) is 2.77. The monoisotopic (exact) mass is 253 g/mol. The van der Waals surface area contributed by atoms with Gasteiger partial charge in [0.1, 0.15) is 0 Å². The quantitative estimate of drug-likeness (QED) is 0.724. The number of aromatic nitrogens is 2. The summed E-state index contributed by atoms with van der Waals surface area (Å²) in [6.07, 6.45) is 4.91. The number of rotatable bonds is 8. The van der Waals surface area contributed by atoms with Gasteiger partial charge in [-0.15, -0.1) is 0 Å². The summed E-state index contributed by atoms with van der Waals surface area (Å²) in [7, 11) is 0. The minimum atomic E-state index is 0.134. The van der Waals surface area contributed by atoms with Gasteiger partial charge in [-0.1, -0.05) is 20.8 Å². The van der Waals surface area contributed by atoms with Crippen molar-refractivity contribution in [2.24, 2.45) is 5.41 Å². The van der Waals surface area contributed by atoms with E-state index in [9.17, 15) is 0 Å². The van der Waals surface area contributed by atoms with Gasteiger partial charge in [0.2, 0.25) is 0 Å². The van der Waals surface area contributed by atoms with Gasteiger partial charge in [0.05, 0.1) is 19.0 Å². The van der Waals surface area contributed by atoms with Crippen LogP contribution in [0.1, 0.15) is 47.1 Å². The molecule has 4 nitrogen and oxygen atoms in total. The molecule has 1 N–H and O–H groups in total. The Bertz CT molecular complexity index is 345. The summed E-state index contributed by atoms with van der Waals surface area (Å²) < 4.78 is 7.72. The van der Waals surface area contributed by atoms with E-state index in [0.717, 1.165) is 25.3 Å². The summed E-state index contributed by atoms with van der Waals surface area (Å²) >= 11 is 0. The van der Waals surface area contributed by atoms with Gasteiger partial charge in [0, 0.05) is 18.0 Å². The summed E-state index contributed by atoms with van der Waals surface area (Å²) in [6.45, 7) is 13.5. The van der Waals surface area contributed by atoms with E-state index in [2.05, 4.69) is 45.0 Å². The molecule has 0 aliphatic carbocycles. The summed E-state index contributed by atoms with van der Waals surface area (Å²) in [5.41, 5.74) is 0.134. The van der Waals surface area contributed by atoms with Gasteiger partial charge < -0.3 is 10.1 Å². The van der Waals surface area contributed by atoms with E-state index in [1.54, 1.807) is 6.20 Å². The first-order valence-electron chi connectivity index (χ1n) is 6.82. The molecule has 1 heterocycles. The maximum atomic E-state index is 5.81. The average Bonchev–Trinajstić information content (AvgIpc) is 2.75. The molecule has 1 rings (SSSR count). The zero-order valence-corrected chi connectivity index (χ0v) is 12.4. The maximum Gasteiger partial charge on any atom is 0.157 e. The third-order valence-electron chi connectivity index (χ3n) is 2.77. The molecule has 0 unspecified atom stereocenters. The number of nitrogens with zero attached hydrogens (tertiary/aromatic N) is 2. The van der Waals surface area contributed by atoms with Gasteiger partial charge in [-0.25, -0.2) is 0 Å². The van der Waals surface area contributed by atoms with Crippen LogP contribution in [0.5, 0.6) is 5.75 Å². The lowest BCUT2D eigenvalue weighted by Crippen LogP contribution is -2.34. The molecule has 104 valence electrons. The number of hydrogen-bond acceptors (Lipinski definition) is 3. The predicted octanol–water partition coefficient (Wildman–Crippen LogP) is 2.87. The lowest BCUT2D eigenvalue weighted by atomic mass is 9.95. The molecule has 0 saturated heterocycles. The molecule has 0 spiro atoms. The lowest BCUT2D eigenvalue weighted by Gasteiger charge is -2.24. The topological polar surface area (TPSA) is 39.1 Å². The molecule has 0 fully saturated rings. The Labute approximate surface area is 111 Å². The van der Waals surface area contributed by atoms with E-state index in [4.69, 9.17) is 4.74 Å². The van der Waals surface area contributed by atoms with Crippen LogP contribution in [-0.4, -0.2) is 29.5 Å². The molecule has 0 aliphatic heterocycles. The Kier molecular flexibility index (Phi) is 5.66. The van der Waals surface area contributed by atoms with Crippen molar-refractivity contribution in [1.29, 1.82) is 0 Å².